The van der Waals surface area contributed by atoms with Gasteiger partial charge < -0.3 is 4.74 Å². The van der Waals surface area contributed by atoms with Crippen LogP contribution in [0.2, 0.25) is 0 Å². The molecule has 1 atom stereocenters. The Morgan fingerprint density at radius 3 is 2.92 bits per heavy atom. The Labute approximate surface area is 221 Å². The topological polar surface area (TPSA) is 90.6 Å². The third kappa shape index (κ3) is 5.04. The zero-order valence-electron chi connectivity index (χ0n) is 24.0. The van der Waals surface area contributed by atoms with Gasteiger partial charge in [-0.05, 0) is 24.8 Å². The number of hydrogen-bond donors (Lipinski definition) is 1. The van der Waals surface area contributed by atoms with E-state index in [-0.39, 0.29) is 11.1 Å². The molecule has 5 rings (SSSR count). The standard InChI is InChI=1S/C25H24AsF2N5O3/c1-13-18(15-5-6-33-21(8-15)31-25(26)32-33)10-19(24(30-13)35-2)23(34)29-11-16-7-17(27)9-20(28)22(16)36-12-14-3-4-14/h5-10,14H,3-4,11-12,26H2,1-2H3,(H,29,34)/i2D3,12D2. The van der Waals surface area contributed by atoms with Crippen molar-refractivity contribution in [1.82, 2.24) is 24.9 Å². The van der Waals surface area contributed by atoms with Crippen LogP contribution in [0.5, 0.6) is 11.6 Å². The fourth-order valence-corrected chi connectivity index (χ4v) is 4.19. The second kappa shape index (κ2) is 9.85. The summed E-state index contributed by atoms with van der Waals surface area (Å²) in [6.07, 6.45) is 2.83. The number of methoxy groups -OCH3 is 1. The Bertz CT molecular complexity index is 1660. The molecular formula is C25H24AsF2N5O3. The van der Waals surface area contributed by atoms with E-state index in [0.29, 0.717) is 46.0 Å². The zero-order valence-corrected chi connectivity index (χ0v) is 21.4. The van der Waals surface area contributed by atoms with E-state index in [1.165, 1.54) is 22.9 Å². The summed E-state index contributed by atoms with van der Waals surface area (Å²) in [7, 11) is -2.92. The van der Waals surface area contributed by atoms with E-state index in [1.807, 2.05) is 0 Å². The van der Waals surface area contributed by atoms with Crippen molar-refractivity contribution in [2.45, 2.75) is 26.3 Å². The van der Waals surface area contributed by atoms with Gasteiger partial charge in [0.05, 0.1) is 9.30 Å². The smallest absolute Gasteiger partial charge is 0.490 e. The van der Waals surface area contributed by atoms with Crippen molar-refractivity contribution >= 4 is 33.0 Å². The van der Waals surface area contributed by atoms with Crippen molar-refractivity contribution in [3.63, 3.8) is 0 Å². The van der Waals surface area contributed by atoms with E-state index in [2.05, 4.69) is 20.4 Å². The average molecular weight is 560 g/mol. The molecule has 0 bridgehead atoms. The van der Waals surface area contributed by atoms with Crippen molar-refractivity contribution < 1.29 is 29.9 Å². The van der Waals surface area contributed by atoms with Crippen molar-refractivity contribution in [2.75, 3.05) is 13.6 Å². The van der Waals surface area contributed by atoms with E-state index in [1.54, 1.807) is 29.8 Å². The molecule has 1 unspecified atom stereocenters. The predicted octanol–water partition coefficient (Wildman–Crippen LogP) is 2.36. The summed E-state index contributed by atoms with van der Waals surface area (Å²) in [5, 5.41) is 6.76. The fourth-order valence-electron chi connectivity index (χ4n) is 3.66. The first-order chi connectivity index (χ1) is 19.2. The van der Waals surface area contributed by atoms with Gasteiger partial charge in [-0.1, -0.05) is 0 Å². The number of nitrogens with zero attached hydrogens (tertiary/aromatic N) is 4. The van der Waals surface area contributed by atoms with E-state index < -0.39 is 55.2 Å². The third-order valence-corrected chi connectivity index (χ3v) is 6.13. The van der Waals surface area contributed by atoms with Crippen molar-refractivity contribution in [2.24, 2.45) is 5.92 Å². The maximum atomic E-state index is 14.7. The molecule has 0 saturated heterocycles. The van der Waals surface area contributed by atoms with Gasteiger partial charge in [0.25, 0.3) is 0 Å². The molecule has 1 aliphatic rings. The van der Waals surface area contributed by atoms with Crippen LogP contribution in [0.4, 0.5) is 8.78 Å². The van der Waals surface area contributed by atoms with Crippen molar-refractivity contribution in [3.05, 3.63) is 65.0 Å². The number of fused-ring (bicyclic) bond motifs is 1. The molecule has 0 radical (unpaired) electrons. The van der Waals surface area contributed by atoms with Gasteiger partial charge in [-0.15, -0.1) is 0 Å². The molecule has 8 nitrogen and oxygen atoms in total. The Morgan fingerprint density at radius 1 is 1.31 bits per heavy atom. The number of nitrogens with one attached hydrogen (secondary N) is 1. The molecule has 1 aliphatic carbocycles. The van der Waals surface area contributed by atoms with Crippen molar-refractivity contribution in [1.29, 1.82) is 0 Å². The van der Waals surface area contributed by atoms with Crippen LogP contribution >= 0.6 is 0 Å². The summed E-state index contributed by atoms with van der Waals surface area (Å²) in [5.74, 6) is -4.32. The zero-order chi connectivity index (χ0) is 29.7. The number of carbonyl (C=O) groups excluding carboxylic acids is 1. The van der Waals surface area contributed by atoms with Crippen LogP contribution in [0.15, 0.2) is 36.5 Å². The van der Waals surface area contributed by atoms with E-state index in [9.17, 15) is 13.6 Å². The van der Waals surface area contributed by atoms with Gasteiger partial charge >= 0.3 is 150 Å². The number of rotatable bonds is 8. The second-order valence-electron chi connectivity index (χ2n) is 8.32. The first-order valence-electron chi connectivity index (χ1n) is 13.5. The number of halogens is 2. The first-order valence-corrected chi connectivity index (χ1v) is 12.2. The summed E-state index contributed by atoms with van der Waals surface area (Å²) in [6.45, 7) is -1.02. The molecule has 11 heteroatoms. The molecule has 0 spiro atoms. The molecular weight excluding hydrogens is 531 g/mol. The number of aromatic nitrogens is 4. The van der Waals surface area contributed by atoms with E-state index in [4.69, 9.17) is 16.3 Å². The van der Waals surface area contributed by atoms with Gasteiger partial charge in [-0.25, -0.2) is 8.78 Å². The van der Waals surface area contributed by atoms with Crippen molar-refractivity contribution in [3.8, 4) is 22.8 Å². The number of carbonyl (C=O) groups is 1. The van der Waals surface area contributed by atoms with Crippen LogP contribution in [-0.4, -0.2) is 55.9 Å². The Morgan fingerprint density at radius 2 is 2.14 bits per heavy atom. The molecule has 186 valence electrons. The fraction of sp³-hybridized carbons (Fsp3) is 0.280. The molecule has 1 saturated carbocycles. The monoisotopic (exact) mass is 560 g/mol. The van der Waals surface area contributed by atoms with E-state index in [0.717, 1.165) is 6.07 Å². The van der Waals surface area contributed by atoms with Gasteiger partial charge in [0, 0.05) is 6.07 Å². The van der Waals surface area contributed by atoms with Gasteiger partial charge in [0.15, 0.2) is 11.6 Å². The molecule has 4 aromatic rings. The average Bonchev–Trinajstić information content (AvgIpc) is 3.65. The molecule has 0 aliphatic heterocycles. The number of aryl methyl sites for hydroxylation is 1. The van der Waals surface area contributed by atoms with Crippen LogP contribution in [0, 0.1) is 24.5 Å². The summed E-state index contributed by atoms with van der Waals surface area (Å²) in [6, 6.07) is 6.37. The Balaban J connectivity index is 1.48. The minimum absolute atomic E-state index is 0.145. The Kier molecular flexibility index (Phi) is 5.12. The van der Waals surface area contributed by atoms with Gasteiger partial charge in [-0.3, -0.25) is 0 Å². The van der Waals surface area contributed by atoms with E-state index >= 15 is 0 Å². The van der Waals surface area contributed by atoms with Crippen LogP contribution in [0.25, 0.3) is 16.8 Å². The number of amides is 1. The van der Waals surface area contributed by atoms with Crippen LogP contribution < -0.4 is 19.4 Å². The summed E-state index contributed by atoms with van der Waals surface area (Å²) >= 11 is 1.25. The number of ether oxygens (including phenoxy) is 2. The van der Waals surface area contributed by atoms with Crippen LogP contribution in [0.1, 0.15) is 41.3 Å². The van der Waals surface area contributed by atoms with Gasteiger partial charge in [-0.2, -0.15) is 0 Å². The Hall–Kier alpha value is -3.52. The molecule has 1 amide bonds. The quantitative estimate of drug-likeness (QED) is 0.333. The minimum atomic E-state index is -2.92. The number of pyridine rings is 2. The molecule has 3 aromatic heterocycles. The van der Waals surface area contributed by atoms with Crippen LogP contribution in [-0.2, 0) is 6.54 Å². The molecule has 1 fully saturated rings. The summed E-state index contributed by atoms with van der Waals surface area (Å²) in [4.78, 5) is 22.0. The maximum absolute atomic E-state index is 14.7. The summed E-state index contributed by atoms with van der Waals surface area (Å²) in [5.41, 5.74) is 1.66. The predicted molar refractivity (Wildman–Crippen MR) is 131 cm³/mol. The molecule has 1 N–H and O–H groups in total. The minimum Gasteiger partial charge on any atom is -0.490 e. The molecule has 36 heavy (non-hydrogen) atoms. The number of benzene rings is 1. The number of hydrogen-bond acceptors (Lipinski definition) is 6. The summed E-state index contributed by atoms with van der Waals surface area (Å²) < 4.78 is 80.0. The van der Waals surface area contributed by atoms with Crippen LogP contribution in [0.3, 0.4) is 0 Å². The van der Waals surface area contributed by atoms with Gasteiger partial charge in [0.1, 0.15) is 5.82 Å². The second-order valence-corrected chi connectivity index (χ2v) is 9.40. The molecule has 1 aromatic carbocycles. The third-order valence-electron chi connectivity index (χ3n) is 5.61. The molecule has 3 heterocycles. The van der Waals surface area contributed by atoms with Gasteiger partial charge in [0.2, 0.25) is 0 Å². The normalized spacial score (nSPS) is 15.9. The first kappa shape index (κ1) is 18.7. The SMILES string of the molecule is [2H]C([2H])([2H])Oc1nc(C)c(-c2ccn3nc([AsH2])nc3c2)cc1C(=O)NCc1cc(F)cc(F)c1OC([2H])([2H])C1CC1.